The highest BCUT2D eigenvalue weighted by molar-refractivity contribution is 8.01. The first kappa shape index (κ1) is 27.5. The molecule has 14 atom stereocenters. The second-order valence-electron chi connectivity index (χ2n) is 14.7. The van der Waals surface area contributed by atoms with E-state index in [-0.39, 0.29) is 40.8 Å². The summed E-state index contributed by atoms with van der Waals surface area (Å²) in [6, 6.07) is 0. The molecule has 1 spiro atoms. The lowest BCUT2D eigenvalue weighted by atomic mass is 9.43. The largest absolute Gasteiger partial charge is 0.458 e. The number of thioether (sulfide) groups is 1. The van der Waals surface area contributed by atoms with Gasteiger partial charge in [0.05, 0.1) is 23.9 Å². The van der Waals surface area contributed by atoms with Crippen molar-refractivity contribution >= 4 is 23.9 Å². The summed E-state index contributed by atoms with van der Waals surface area (Å²) in [5.74, 6) is -0.487. The molecule has 4 aliphatic heterocycles. The van der Waals surface area contributed by atoms with Gasteiger partial charge in [0.1, 0.15) is 12.7 Å². The third kappa shape index (κ3) is 3.36. The molecule has 8 aliphatic rings. The van der Waals surface area contributed by atoms with Crippen molar-refractivity contribution in [3.8, 4) is 0 Å². The molecule has 3 N–H and O–H groups in total. The number of carbonyl (C=O) groups excluding carboxylic acids is 1. The summed E-state index contributed by atoms with van der Waals surface area (Å²) in [5.41, 5.74) is -0.104. The summed E-state index contributed by atoms with van der Waals surface area (Å²) in [4.78, 5) is 15.2. The molecule has 0 unspecified atom stereocenters. The number of esters is 1. The number of aliphatic imine (C=N–C) groups is 1. The maximum Gasteiger partial charge on any atom is 0.331 e. The highest BCUT2D eigenvalue weighted by Crippen LogP contribution is 2.70. The van der Waals surface area contributed by atoms with Crippen LogP contribution in [0.5, 0.6) is 0 Å². The number of ether oxygens (including phenoxy) is 4. The summed E-state index contributed by atoms with van der Waals surface area (Å²) >= 11 is 1.39. The topological polar surface area (TPSA) is 127 Å². The Morgan fingerprint density at radius 1 is 1.05 bits per heavy atom. The van der Waals surface area contributed by atoms with Gasteiger partial charge in [0.2, 0.25) is 6.29 Å². The molecule has 41 heavy (non-hydrogen) atoms. The molecule has 0 bridgehead atoms. The van der Waals surface area contributed by atoms with Gasteiger partial charge in [-0.25, -0.2) is 4.79 Å². The van der Waals surface area contributed by atoms with Crippen molar-refractivity contribution in [3.05, 3.63) is 11.6 Å². The summed E-state index contributed by atoms with van der Waals surface area (Å²) < 4.78 is 24.5. The van der Waals surface area contributed by atoms with E-state index in [4.69, 9.17) is 18.9 Å². The zero-order valence-corrected chi connectivity index (χ0v) is 25.0. The monoisotopic (exact) mass is 589 g/mol. The molecular formula is C31H43NO8S. The molecule has 4 aliphatic carbocycles. The zero-order chi connectivity index (χ0) is 28.6. The van der Waals surface area contributed by atoms with Gasteiger partial charge in [-0.3, -0.25) is 4.99 Å². The highest BCUT2D eigenvalue weighted by atomic mass is 32.2. The van der Waals surface area contributed by atoms with Crippen LogP contribution in [0.4, 0.5) is 0 Å². The quantitative estimate of drug-likeness (QED) is 0.313. The van der Waals surface area contributed by atoms with Gasteiger partial charge in [-0.15, -0.1) is 11.8 Å². The van der Waals surface area contributed by atoms with Crippen molar-refractivity contribution in [1.82, 2.24) is 0 Å². The molecule has 6 fully saturated rings. The van der Waals surface area contributed by atoms with Gasteiger partial charge < -0.3 is 34.3 Å². The molecule has 0 amide bonds. The smallest absolute Gasteiger partial charge is 0.331 e. The summed E-state index contributed by atoms with van der Waals surface area (Å²) in [5, 5.41) is 35.8. The minimum Gasteiger partial charge on any atom is -0.458 e. The van der Waals surface area contributed by atoms with E-state index in [0.29, 0.717) is 24.2 Å². The fraction of sp³-hybridized carbons (Fsp3) is 0.871. The van der Waals surface area contributed by atoms with Crippen LogP contribution < -0.4 is 0 Å². The number of aliphatic hydroxyl groups excluding tert-OH is 1. The van der Waals surface area contributed by atoms with Crippen LogP contribution in [0.3, 0.4) is 0 Å². The lowest BCUT2D eigenvalue weighted by molar-refractivity contribution is -0.456. The molecule has 9 nitrogen and oxygen atoms in total. The second-order valence-corrected chi connectivity index (χ2v) is 15.9. The molecule has 2 saturated heterocycles. The molecule has 4 heterocycles. The van der Waals surface area contributed by atoms with Crippen molar-refractivity contribution < 1.29 is 39.1 Å². The fourth-order valence-corrected chi connectivity index (χ4v) is 12.4. The van der Waals surface area contributed by atoms with Crippen molar-refractivity contribution in [2.45, 2.75) is 119 Å². The number of carbonyl (C=O) groups is 1. The van der Waals surface area contributed by atoms with E-state index >= 15 is 0 Å². The van der Waals surface area contributed by atoms with Crippen LogP contribution in [-0.2, 0) is 23.7 Å². The molecule has 8 rings (SSSR count). The summed E-state index contributed by atoms with van der Waals surface area (Å²) in [7, 11) is 0. The normalized spacial score (nSPS) is 59.1. The number of hydrogen-bond acceptors (Lipinski definition) is 10. The predicted molar refractivity (Wildman–Crippen MR) is 150 cm³/mol. The Bertz CT molecular complexity index is 1210. The molecule has 10 heteroatoms. The molecule has 4 saturated carbocycles. The summed E-state index contributed by atoms with van der Waals surface area (Å²) in [6.45, 7) is 6.77. The third-order valence-corrected chi connectivity index (χ3v) is 14.7. The first-order valence-corrected chi connectivity index (χ1v) is 16.6. The Kier molecular flexibility index (Phi) is 5.91. The van der Waals surface area contributed by atoms with Crippen LogP contribution in [0.1, 0.15) is 72.1 Å². The van der Waals surface area contributed by atoms with Gasteiger partial charge >= 0.3 is 5.97 Å². The molecule has 0 aromatic rings. The van der Waals surface area contributed by atoms with E-state index in [1.165, 1.54) is 11.8 Å². The molecule has 226 valence electrons. The Hall–Kier alpha value is -1.01. The van der Waals surface area contributed by atoms with Crippen LogP contribution in [0, 0.1) is 34.5 Å². The lowest BCUT2D eigenvalue weighted by Gasteiger charge is -2.66. The average Bonchev–Trinajstić information content (AvgIpc) is 3.65. The first-order chi connectivity index (χ1) is 19.5. The number of cyclic esters (lactones) is 1. The van der Waals surface area contributed by atoms with Crippen molar-refractivity contribution in [1.29, 1.82) is 0 Å². The Morgan fingerprint density at radius 3 is 2.61 bits per heavy atom. The Labute approximate surface area is 245 Å². The number of rotatable bonds is 1. The van der Waals surface area contributed by atoms with Gasteiger partial charge in [-0.2, -0.15) is 0 Å². The maximum atomic E-state index is 12.6. The number of hydrogen-bond donors (Lipinski definition) is 3. The van der Waals surface area contributed by atoms with Crippen molar-refractivity contribution in [3.63, 3.8) is 0 Å². The van der Waals surface area contributed by atoms with Gasteiger partial charge in [0.25, 0.3) is 5.79 Å². The maximum absolute atomic E-state index is 12.6. The number of nitrogens with zero attached hydrogens (tertiary/aromatic N) is 1. The standard InChI is InChI=1S/C31H43NO8S/c1-16-25(34)30(32-10-11-41-30)31(36)26(38-16)39-22-13-18-4-5-21-20(27(18,2)14-23(22)40-31)6-8-28(3)19(7-9-29(21,28)35)17-12-24(33)37-15-17/h10,12,16,18-23,25-26,34-36H,4-9,11,13-15H2,1-3H3/t16-,18+,19-,20+,21+,22-,23+,25-,26+,27-,28+,29-,30-,31+/m0/s1. The van der Waals surface area contributed by atoms with Gasteiger partial charge in [0, 0.05) is 23.5 Å². The fourth-order valence-electron chi connectivity index (χ4n) is 11.1. The second kappa shape index (κ2) is 8.79. The van der Waals surface area contributed by atoms with Gasteiger partial charge in [-0.1, -0.05) is 13.8 Å². The van der Waals surface area contributed by atoms with Crippen LogP contribution in [-0.4, -0.2) is 86.8 Å². The van der Waals surface area contributed by atoms with Crippen LogP contribution in [0.25, 0.3) is 0 Å². The lowest BCUT2D eigenvalue weighted by Crippen LogP contribution is -2.77. The average molecular weight is 590 g/mol. The molecule has 0 radical (unpaired) electrons. The van der Waals surface area contributed by atoms with Crippen LogP contribution in [0.2, 0.25) is 0 Å². The van der Waals surface area contributed by atoms with Gasteiger partial charge in [0.15, 0.2) is 4.87 Å². The Morgan fingerprint density at radius 2 is 1.88 bits per heavy atom. The molecular weight excluding hydrogens is 546 g/mol. The minimum absolute atomic E-state index is 0.0851. The first-order valence-electron chi connectivity index (χ1n) is 15.6. The molecule has 0 aromatic carbocycles. The number of aliphatic hydroxyl groups is 3. The van der Waals surface area contributed by atoms with Gasteiger partial charge in [-0.05, 0) is 93.0 Å². The predicted octanol–water partition coefficient (Wildman–Crippen LogP) is 2.95. The summed E-state index contributed by atoms with van der Waals surface area (Å²) in [6.07, 6.45) is 7.35. The van der Waals surface area contributed by atoms with E-state index < -0.39 is 34.8 Å². The van der Waals surface area contributed by atoms with E-state index in [1.807, 2.05) is 0 Å². The Balaban J connectivity index is 1.09. The SMILES string of the molecule is C[C@@H]1O[C@@H]2O[C@H]3C[C@H]4CC[C@@H]5[C@@H](CC[C@]6(C)[C@H](C7=CC(=O)OC7)CC[C@]56O)[C@@]4(C)C[C@H]3O[C@@]2(O)[C@]2(N=CCS2)[C@H]1O. The van der Waals surface area contributed by atoms with Crippen LogP contribution >= 0.6 is 11.8 Å². The van der Waals surface area contributed by atoms with E-state index in [2.05, 4.69) is 18.8 Å². The number of fused-ring (bicyclic) bond motifs is 8. The third-order valence-electron chi connectivity index (χ3n) is 13.3. The molecule has 0 aromatic heterocycles. The van der Waals surface area contributed by atoms with Crippen molar-refractivity contribution in [2.24, 2.45) is 39.5 Å². The zero-order valence-electron chi connectivity index (χ0n) is 24.2. The highest BCUT2D eigenvalue weighted by Gasteiger charge is 2.73. The van der Waals surface area contributed by atoms with Crippen LogP contribution in [0.15, 0.2) is 16.6 Å². The van der Waals surface area contributed by atoms with Crippen molar-refractivity contribution in [2.75, 3.05) is 12.4 Å². The van der Waals surface area contributed by atoms with E-state index in [1.54, 1.807) is 19.2 Å². The van der Waals surface area contributed by atoms with E-state index in [9.17, 15) is 20.1 Å². The van der Waals surface area contributed by atoms with E-state index in [0.717, 1.165) is 56.9 Å². The minimum atomic E-state index is -1.90.